The normalized spacial score (nSPS) is 15.1. The molecule has 0 spiro atoms. The maximum atomic E-state index is 4.46. The van der Waals surface area contributed by atoms with Gasteiger partial charge in [-0.25, -0.2) is 4.98 Å². The summed E-state index contributed by atoms with van der Waals surface area (Å²) in [5, 5.41) is 19.2. The summed E-state index contributed by atoms with van der Waals surface area (Å²) in [6, 6.07) is 10.2. The highest BCUT2D eigenvalue weighted by molar-refractivity contribution is 5.70. The second-order valence-corrected chi connectivity index (χ2v) is 7.78. The average molecular weight is 373 g/mol. The monoisotopic (exact) mass is 373 g/mol. The predicted octanol–water partition coefficient (Wildman–Crippen LogP) is 4.30. The molecule has 1 aliphatic rings. The predicted molar refractivity (Wildman–Crippen MR) is 108 cm³/mol. The van der Waals surface area contributed by atoms with Gasteiger partial charge in [-0.15, -0.1) is 10.2 Å². The SMILES string of the molecule is CCC1(Cc2nnc3cc(-c4ccnc(Nc5cc(C)[nH]n5)c4)ccn23)CC1. The quantitative estimate of drug-likeness (QED) is 0.526. The third-order valence-corrected chi connectivity index (χ3v) is 5.78. The highest BCUT2D eigenvalue weighted by Crippen LogP contribution is 2.50. The van der Waals surface area contributed by atoms with Crippen molar-refractivity contribution in [1.29, 1.82) is 0 Å². The summed E-state index contributed by atoms with van der Waals surface area (Å²) in [5.74, 6) is 2.57. The van der Waals surface area contributed by atoms with E-state index in [2.05, 4.69) is 60.3 Å². The van der Waals surface area contributed by atoms with Crippen LogP contribution in [0.3, 0.4) is 0 Å². The summed E-state index contributed by atoms with van der Waals surface area (Å²) >= 11 is 0. The molecule has 4 heterocycles. The van der Waals surface area contributed by atoms with Gasteiger partial charge in [-0.05, 0) is 60.6 Å². The van der Waals surface area contributed by atoms with E-state index in [0.29, 0.717) is 5.41 Å². The molecule has 0 unspecified atom stereocenters. The lowest BCUT2D eigenvalue weighted by molar-refractivity contribution is 0.473. The molecule has 1 fully saturated rings. The summed E-state index contributed by atoms with van der Waals surface area (Å²) in [5.41, 5.74) is 4.50. The average Bonchev–Trinajstić information content (AvgIpc) is 3.21. The van der Waals surface area contributed by atoms with Crippen molar-refractivity contribution in [3.63, 3.8) is 0 Å². The molecule has 2 N–H and O–H groups in total. The number of aromatic nitrogens is 6. The molecule has 4 aromatic rings. The Bertz CT molecular complexity index is 1140. The van der Waals surface area contributed by atoms with Crippen LogP contribution in [0.4, 0.5) is 11.6 Å². The van der Waals surface area contributed by atoms with Gasteiger partial charge in [0.1, 0.15) is 11.6 Å². The van der Waals surface area contributed by atoms with E-state index in [9.17, 15) is 0 Å². The minimum atomic E-state index is 0.456. The van der Waals surface area contributed by atoms with Gasteiger partial charge in [-0.2, -0.15) is 5.10 Å². The van der Waals surface area contributed by atoms with Gasteiger partial charge in [0.2, 0.25) is 0 Å². The van der Waals surface area contributed by atoms with Crippen molar-refractivity contribution in [2.45, 2.75) is 39.5 Å². The van der Waals surface area contributed by atoms with Crippen LogP contribution in [-0.4, -0.2) is 29.8 Å². The third kappa shape index (κ3) is 3.13. The highest BCUT2D eigenvalue weighted by Gasteiger charge is 2.41. The molecule has 1 saturated carbocycles. The molecule has 1 aliphatic carbocycles. The Morgan fingerprint density at radius 3 is 2.71 bits per heavy atom. The Labute approximate surface area is 163 Å². The molecular formula is C21H23N7. The second kappa shape index (κ2) is 6.44. The van der Waals surface area contributed by atoms with Crippen molar-refractivity contribution in [3.8, 4) is 11.1 Å². The lowest BCUT2D eigenvalue weighted by atomic mass is 9.99. The maximum Gasteiger partial charge on any atom is 0.161 e. The molecule has 7 heteroatoms. The number of aryl methyl sites for hydroxylation is 1. The van der Waals surface area contributed by atoms with Crippen molar-refractivity contribution < 1.29 is 0 Å². The fourth-order valence-electron chi connectivity index (χ4n) is 3.70. The molecule has 0 aliphatic heterocycles. The van der Waals surface area contributed by atoms with E-state index >= 15 is 0 Å². The Hall–Kier alpha value is -3.22. The molecule has 7 nitrogen and oxygen atoms in total. The number of fused-ring (bicyclic) bond motifs is 1. The molecule has 4 aromatic heterocycles. The van der Waals surface area contributed by atoms with Gasteiger partial charge in [-0.1, -0.05) is 13.3 Å². The minimum Gasteiger partial charge on any atom is -0.323 e. The van der Waals surface area contributed by atoms with Crippen molar-refractivity contribution in [1.82, 2.24) is 29.8 Å². The second-order valence-electron chi connectivity index (χ2n) is 7.78. The number of rotatable bonds is 6. The van der Waals surface area contributed by atoms with Crippen LogP contribution in [0.1, 0.15) is 37.7 Å². The third-order valence-electron chi connectivity index (χ3n) is 5.78. The molecule has 0 atom stereocenters. The zero-order valence-corrected chi connectivity index (χ0v) is 16.1. The fourth-order valence-corrected chi connectivity index (χ4v) is 3.70. The lowest BCUT2D eigenvalue weighted by Gasteiger charge is -2.10. The Morgan fingerprint density at radius 2 is 1.96 bits per heavy atom. The number of hydrogen-bond donors (Lipinski definition) is 2. The van der Waals surface area contributed by atoms with E-state index in [1.807, 2.05) is 25.1 Å². The number of H-pyrrole nitrogens is 1. The highest BCUT2D eigenvalue weighted by atomic mass is 15.2. The fraction of sp³-hybridized carbons (Fsp3) is 0.333. The van der Waals surface area contributed by atoms with Crippen molar-refractivity contribution in [2.24, 2.45) is 5.41 Å². The summed E-state index contributed by atoms with van der Waals surface area (Å²) in [7, 11) is 0. The van der Waals surface area contributed by atoms with Gasteiger partial charge in [0, 0.05) is 30.6 Å². The molecular weight excluding hydrogens is 350 g/mol. The number of nitrogens with zero attached hydrogens (tertiary/aromatic N) is 5. The molecule has 0 saturated heterocycles. The van der Waals surface area contributed by atoms with Crippen molar-refractivity contribution in [2.75, 3.05) is 5.32 Å². The standard InChI is InChI=1S/C21H23N7/c1-3-21(6-7-21)13-20-27-26-19-12-16(5-9-28(19)20)15-4-8-22-17(11-15)23-18-10-14(2)24-25-18/h4-5,8-12H,3,6-7,13H2,1-2H3,(H2,22,23,24,25). The molecule has 28 heavy (non-hydrogen) atoms. The van der Waals surface area contributed by atoms with Gasteiger partial charge in [0.15, 0.2) is 11.5 Å². The van der Waals surface area contributed by atoms with E-state index in [4.69, 9.17) is 0 Å². The lowest BCUT2D eigenvalue weighted by Crippen LogP contribution is -2.06. The first-order chi connectivity index (χ1) is 13.6. The molecule has 0 aromatic carbocycles. The van der Waals surface area contributed by atoms with Crippen molar-refractivity contribution in [3.05, 3.63) is 54.2 Å². The van der Waals surface area contributed by atoms with E-state index in [1.54, 1.807) is 6.20 Å². The van der Waals surface area contributed by atoms with Gasteiger partial charge in [-0.3, -0.25) is 9.50 Å². The first kappa shape index (κ1) is 16.9. The molecule has 0 bridgehead atoms. The van der Waals surface area contributed by atoms with Crippen LogP contribution in [0, 0.1) is 12.3 Å². The molecule has 0 amide bonds. The van der Waals surface area contributed by atoms with Gasteiger partial charge < -0.3 is 5.32 Å². The number of aromatic amines is 1. The van der Waals surface area contributed by atoms with Crippen LogP contribution in [0.2, 0.25) is 0 Å². The van der Waals surface area contributed by atoms with Gasteiger partial charge in [0.05, 0.1) is 0 Å². The van der Waals surface area contributed by atoms with E-state index in [-0.39, 0.29) is 0 Å². The van der Waals surface area contributed by atoms with Crippen LogP contribution in [0.25, 0.3) is 16.8 Å². The summed E-state index contributed by atoms with van der Waals surface area (Å²) in [6.07, 6.45) is 8.71. The summed E-state index contributed by atoms with van der Waals surface area (Å²) < 4.78 is 2.12. The first-order valence-electron chi connectivity index (χ1n) is 9.73. The Balaban J connectivity index is 1.42. The van der Waals surface area contributed by atoms with E-state index in [0.717, 1.165) is 46.3 Å². The van der Waals surface area contributed by atoms with Crippen LogP contribution in [0.5, 0.6) is 0 Å². The van der Waals surface area contributed by atoms with Crippen molar-refractivity contribution >= 4 is 17.3 Å². The number of nitrogens with one attached hydrogen (secondary N) is 2. The molecule has 142 valence electrons. The summed E-state index contributed by atoms with van der Waals surface area (Å²) in [6.45, 7) is 4.24. The number of pyridine rings is 2. The zero-order chi connectivity index (χ0) is 19.1. The van der Waals surface area contributed by atoms with E-state index in [1.165, 1.54) is 19.3 Å². The topological polar surface area (TPSA) is 83.8 Å². The number of hydrogen-bond acceptors (Lipinski definition) is 5. The Kier molecular flexibility index (Phi) is 3.89. The van der Waals surface area contributed by atoms with Crippen LogP contribution in [0.15, 0.2) is 42.7 Å². The first-order valence-corrected chi connectivity index (χ1v) is 9.73. The number of anilines is 2. The largest absolute Gasteiger partial charge is 0.323 e. The van der Waals surface area contributed by atoms with Crippen LogP contribution >= 0.6 is 0 Å². The summed E-state index contributed by atoms with van der Waals surface area (Å²) in [4.78, 5) is 4.39. The molecule has 5 rings (SSSR count). The zero-order valence-electron chi connectivity index (χ0n) is 16.1. The van der Waals surface area contributed by atoms with E-state index < -0.39 is 0 Å². The van der Waals surface area contributed by atoms with Gasteiger partial charge in [0.25, 0.3) is 0 Å². The Morgan fingerprint density at radius 1 is 1.11 bits per heavy atom. The minimum absolute atomic E-state index is 0.456. The maximum absolute atomic E-state index is 4.46. The van der Waals surface area contributed by atoms with Crippen LogP contribution < -0.4 is 5.32 Å². The molecule has 0 radical (unpaired) electrons. The smallest absolute Gasteiger partial charge is 0.161 e. The van der Waals surface area contributed by atoms with Crippen LogP contribution in [-0.2, 0) is 6.42 Å². The van der Waals surface area contributed by atoms with Gasteiger partial charge >= 0.3 is 0 Å².